The van der Waals surface area contributed by atoms with Crippen LogP contribution < -0.4 is 10.1 Å². The summed E-state index contributed by atoms with van der Waals surface area (Å²) in [6, 6.07) is 11.9. The Morgan fingerprint density at radius 1 is 1.20 bits per heavy atom. The van der Waals surface area contributed by atoms with Gasteiger partial charge in [0.1, 0.15) is 5.75 Å². The molecule has 1 heterocycles. The molecule has 1 aromatic carbocycles. The largest absolute Gasteiger partial charge is 0.497 e. The number of rotatable bonds is 4. The zero-order valence-electron chi connectivity index (χ0n) is 8.66. The van der Waals surface area contributed by atoms with E-state index >= 15 is 0 Å². The van der Waals surface area contributed by atoms with Crippen LogP contribution in [0.2, 0.25) is 0 Å². The zero-order valence-corrected chi connectivity index (χ0v) is 8.66. The third kappa shape index (κ3) is 2.53. The third-order valence-corrected chi connectivity index (χ3v) is 2.24. The van der Waals surface area contributed by atoms with Gasteiger partial charge in [-0.25, -0.2) is 0 Å². The second-order valence-electron chi connectivity index (χ2n) is 3.28. The topological polar surface area (TPSA) is 37.0 Å². The monoisotopic (exact) mass is 202 g/mol. The summed E-state index contributed by atoms with van der Waals surface area (Å²) < 4.78 is 5.09. The molecule has 2 aromatic rings. The molecule has 1 aromatic heterocycles. The van der Waals surface area contributed by atoms with Crippen molar-refractivity contribution < 1.29 is 4.74 Å². The predicted molar refractivity (Wildman–Crippen MR) is 61.1 cm³/mol. The Balaban J connectivity index is 1.93. The van der Waals surface area contributed by atoms with Gasteiger partial charge in [-0.15, -0.1) is 0 Å². The van der Waals surface area contributed by atoms with Gasteiger partial charge in [-0.1, -0.05) is 0 Å². The fraction of sp³-hybridized carbons (Fsp3) is 0.167. The van der Waals surface area contributed by atoms with Crippen LogP contribution in [0.4, 0.5) is 5.69 Å². The maximum absolute atomic E-state index is 5.09. The van der Waals surface area contributed by atoms with E-state index in [2.05, 4.69) is 16.4 Å². The number of ether oxygens (including phenoxy) is 1. The van der Waals surface area contributed by atoms with E-state index in [-0.39, 0.29) is 0 Å². The molecule has 0 radical (unpaired) electrons. The number of hydrogen-bond donors (Lipinski definition) is 2. The first-order valence-corrected chi connectivity index (χ1v) is 4.88. The quantitative estimate of drug-likeness (QED) is 0.799. The highest BCUT2D eigenvalue weighted by atomic mass is 16.5. The normalized spacial score (nSPS) is 9.93. The average Bonchev–Trinajstić information content (AvgIpc) is 2.80. The predicted octanol–water partition coefficient (Wildman–Crippen LogP) is 2.64. The first-order chi connectivity index (χ1) is 7.38. The summed E-state index contributed by atoms with van der Waals surface area (Å²) in [5.74, 6) is 0.875. The van der Waals surface area contributed by atoms with Crippen molar-refractivity contribution in [2.24, 2.45) is 0 Å². The van der Waals surface area contributed by atoms with Gasteiger partial charge in [0.05, 0.1) is 13.7 Å². The first kappa shape index (κ1) is 9.65. The Bertz CT molecular complexity index is 392. The molecular formula is C12H14N2O. The van der Waals surface area contributed by atoms with Crippen LogP contribution in [0.1, 0.15) is 5.69 Å². The number of benzene rings is 1. The van der Waals surface area contributed by atoms with Gasteiger partial charge in [0, 0.05) is 17.6 Å². The molecule has 0 aliphatic rings. The molecular weight excluding hydrogens is 188 g/mol. The van der Waals surface area contributed by atoms with E-state index in [0.717, 1.165) is 18.0 Å². The van der Waals surface area contributed by atoms with E-state index in [1.165, 1.54) is 5.69 Å². The minimum Gasteiger partial charge on any atom is -0.497 e. The highest BCUT2D eigenvalue weighted by molar-refractivity contribution is 5.46. The number of nitrogens with one attached hydrogen (secondary N) is 2. The Kier molecular flexibility index (Phi) is 2.93. The minimum atomic E-state index is 0.805. The lowest BCUT2D eigenvalue weighted by Crippen LogP contribution is -1.99. The molecule has 0 aliphatic carbocycles. The van der Waals surface area contributed by atoms with E-state index in [1.54, 1.807) is 7.11 Å². The number of methoxy groups -OCH3 is 1. The van der Waals surface area contributed by atoms with Crippen molar-refractivity contribution in [3.8, 4) is 5.75 Å². The van der Waals surface area contributed by atoms with Gasteiger partial charge in [-0.2, -0.15) is 0 Å². The molecule has 0 unspecified atom stereocenters. The molecule has 0 fully saturated rings. The summed E-state index contributed by atoms with van der Waals surface area (Å²) in [6.07, 6.45) is 1.92. The van der Waals surface area contributed by atoms with E-state index in [4.69, 9.17) is 4.74 Å². The molecule has 78 valence electrons. The number of hydrogen-bond acceptors (Lipinski definition) is 2. The molecule has 0 aliphatic heterocycles. The van der Waals surface area contributed by atoms with Crippen LogP contribution >= 0.6 is 0 Å². The van der Waals surface area contributed by atoms with Crippen LogP contribution in [-0.4, -0.2) is 12.1 Å². The van der Waals surface area contributed by atoms with E-state index < -0.39 is 0 Å². The van der Waals surface area contributed by atoms with E-state index in [9.17, 15) is 0 Å². The van der Waals surface area contributed by atoms with Crippen molar-refractivity contribution in [1.82, 2.24) is 4.98 Å². The maximum atomic E-state index is 5.09. The van der Waals surface area contributed by atoms with Crippen molar-refractivity contribution in [2.45, 2.75) is 6.54 Å². The van der Waals surface area contributed by atoms with Crippen molar-refractivity contribution >= 4 is 5.69 Å². The minimum absolute atomic E-state index is 0.805. The Morgan fingerprint density at radius 3 is 2.60 bits per heavy atom. The summed E-state index contributed by atoms with van der Waals surface area (Å²) in [5.41, 5.74) is 2.26. The second-order valence-corrected chi connectivity index (χ2v) is 3.28. The maximum Gasteiger partial charge on any atom is 0.119 e. The molecule has 0 amide bonds. The van der Waals surface area contributed by atoms with Crippen LogP contribution in [0.15, 0.2) is 42.6 Å². The Morgan fingerprint density at radius 2 is 2.00 bits per heavy atom. The summed E-state index contributed by atoms with van der Waals surface area (Å²) in [6.45, 7) is 0.805. The number of aromatic nitrogens is 1. The van der Waals surface area contributed by atoms with Gasteiger partial charge in [0.15, 0.2) is 0 Å². The van der Waals surface area contributed by atoms with Crippen molar-refractivity contribution in [2.75, 3.05) is 12.4 Å². The number of aromatic amines is 1. The first-order valence-electron chi connectivity index (χ1n) is 4.88. The number of H-pyrrole nitrogens is 1. The summed E-state index contributed by atoms with van der Waals surface area (Å²) >= 11 is 0. The molecule has 0 atom stereocenters. The fourth-order valence-corrected chi connectivity index (χ4v) is 1.38. The SMILES string of the molecule is COc1ccc(NCc2ccc[nH]2)cc1. The van der Waals surface area contributed by atoms with Gasteiger partial charge >= 0.3 is 0 Å². The second kappa shape index (κ2) is 4.55. The van der Waals surface area contributed by atoms with E-state index in [0.29, 0.717) is 0 Å². The lowest BCUT2D eigenvalue weighted by molar-refractivity contribution is 0.415. The van der Waals surface area contributed by atoms with E-state index in [1.807, 2.05) is 36.5 Å². The molecule has 3 heteroatoms. The Hall–Kier alpha value is -1.90. The smallest absolute Gasteiger partial charge is 0.119 e. The van der Waals surface area contributed by atoms with Crippen LogP contribution in [0.5, 0.6) is 5.75 Å². The molecule has 0 bridgehead atoms. The van der Waals surface area contributed by atoms with Gasteiger partial charge in [-0.3, -0.25) is 0 Å². The molecule has 2 rings (SSSR count). The van der Waals surface area contributed by atoms with Gasteiger partial charge in [0.25, 0.3) is 0 Å². The standard InChI is InChI=1S/C12H14N2O/c1-15-12-6-4-10(5-7-12)14-9-11-3-2-8-13-11/h2-8,13-14H,9H2,1H3. The lowest BCUT2D eigenvalue weighted by Gasteiger charge is -2.05. The highest BCUT2D eigenvalue weighted by Crippen LogP contribution is 2.15. The highest BCUT2D eigenvalue weighted by Gasteiger charge is 1.94. The van der Waals surface area contributed by atoms with Crippen LogP contribution in [0, 0.1) is 0 Å². The number of anilines is 1. The van der Waals surface area contributed by atoms with Crippen molar-refractivity contribution in [1.29, 1.82) is 0 Å². The van der Waals surface area contributed by atoms with Crippen molar-refractivity contribution in [3.05, 3.63) is 48.3 Å². The molecule has 15 heavy (non-hydrogen) atoms. The molecule has 0 saturated heterocycles. The van der Waals surface area contributed by atoms with Gasteiger partial charge in [0.2, 0.25) is 0 Å². The van der Waals surface area contributed by atoms with Crippen LogP contribution in [0.3, 0.4) is 0 Å². The van der Waals surface area contributed by atoms with Crippen LogP contribution in [-0.2, 0) is 6.54 Å². The van der Waals surface area contributed by atoms with Gasteiger partial charge in [-0.05, 0) is 36.4 Å². The average molecular weight is 202 g/mol. The molecule has 3 nitrogen and oxygen atoms in total. The fourth-order valence-electron chi connectivity index (χ4n) is 1.38. The van der Waals surface area contributed by atoms with Gasteiger partial charge < -0.3 is 15.0 Å². The molecule has 0 spiro atoms. The lowest BCUT2D eigenvalue weighted by atomic mass is 10.3. The Labute approximate surface area is 89.1 Å². The van der Waals surface area contributed by atoms with Crippen LogP contribution in [0.25, 0.3) is 0 Å². The summed E-state index contributed by atoms with van der Waals surface area (Å²) in [5, 5.41) is 3.31. The summed E-state index contributed by atoms with van der Waals surface area (Å²) in [7, 11) is 1.67. The van der Waals surface area contributed by atoms with Crippen molar-refractivity contribution in [3.63, 3.8) is 0 Å². The molecule has 0 saturated carbocycles. The molecule has 2 N–H and O–H groups in total. The third-order valence-electron chi connectivity index (χ3n) is 2.24. The zero-order chi connectivity index (χ0) is 10.5. The summed E-state index contributed by atoms with van der Waals surface area (Å²) in [4.78, 5) is 3.14.